The van der Waals surface area contributed by atoms with Crippen molar-refractivity contribution in [2.24, 2.45) is 35.1 Å². The van der Waals surface area contributed by atoms with E-state index < -0.39 is 0 Å². The minimum atomic E-state index is -0.168. The third kappa shape index (κ3) is 13.1. The number of ketones is 2. The molecule has 2 saturated carbocycles. The van der Waals surface area contributed by atoms with Crippen LogP contribution < -0.4 is 22.1 Å². The minimum absolute atomic E-state index is 0.0689. The average molecular weight is 699 g/mol. The summed E-state index contributed by atoms with van der Waals surface area (Å²) in [7, 11) is 0. The Morgan fingerprint density at radius 3 is 1.38 bits per heavy atom. The zero-order chi connectivity index (χ0) is 36.8. The summed E-state index contributed by atoms with van der Waals surface area (Å²) in [6.07, 6.45) is 11.2. The maximum absolute atomic E-state index is 12.4. The lowest BCUT2D eigenvalue weighted by atomic mass is 9.74. The number of carbonyl (C=O) groups excluding carboxylic acids is 4. The summed E-state index contributed by atoms with van der Waals surface area (Å²) in [5.74, 6) is 3.20. The number of rotatable bonds is 16. The van der Waals surface area contributed by atoms with Crippen LogP contribution in [0.5, 0.6) is 0 Å². The standard InChI is InChI=1S/2C19H31N3O3/c2*1-4-14-9-13(10-15(23)8-12(3)20)6-7-17(14)21-19(24)18-11-16(5-2)25-22-18/h2*11-14,17H,4-10,20H2,1-3H3,(H,21,24)/t12-,13+,14-,17+;12-,13-,14+,17-/m00/s1. The Kier molecular flexibility index (Phi) is 16.8. The first-order valence-corrected chi connectivity index (χ1v) is 18.9. The molecular weight excluding hydrogens is 636 g/mol. The molecule has 12 heteroatoms. The van der Waals surface area contributed by atoms with Crippen LogP contribution in [-0.2, 0) is 22.4 Å². The maximum Gasteiger partial charge on any atom is 0.273 e. The van der Waals surface area contributed by atoms with Crippen molar-refractivity contribution in [3.63, 3.8) is 0 Å². The summed E-state index contributed by atoms with van der Waals surface area (Å²) in [6, 6.07) is 3.54. The molecule has 0 aromatic carbocycles. The van der Waals surface area contributed by atoms with Crippen molar-refractivity contribution in [2.75, 3.05) is 0 Å². The fraction of sp³-hybridized carbons (Fsp3) is 0.737. The highest BCUT2D eigenvalue weighted by molar-refractivity contribution is 5.93. The van der Waals surface area contributed by atoms with E-state index in [0.717, 1.165) is 64.2 Å². The first-order valence-electron chi connectivity index (χ1n) is 18.9. The summed E-state index contributed by atoms with van der Waals surface area (Å²) in [4.78, 5) is 48.8. The number of hydrogen-bond acceptors (Lipinski definition) is 10. The van der Waals surface area contributed by atoms with Crippen molar-refractivity contribution >= 4 is 23.4 Å². The molecule has 50 heavy (non-hydrogen) atoms. The number of nitrogens with two attached hydrogens (primary N) is 2. The van der Waals surface area contributed by atoms with E-state index in [1.165, 1.54) is 0 Å². The molecule has 2 aromatic rings. The monoisotopic (exact) mass is 698 g/mol. The van der Waals surface area contributed by atoms with Gasteiger partial charge in [0.15, 0.2) is 11.4 Å². The summed E-state index contributed by atoms with van der Waals surface area (Å²) in [6.45, 7) is 11.9. The van der Waals surface area contributed by atoms with Crippen molar-refractivity contribution in [2.45, 2.75) is 156 Å². The molecule has 2 fully saturated rings. The molecule has 0 unspecified atom stereocenters. The van der Waals surface area contributed by atoms with Gasteiger partial charge in [0.25, 0.3) is 11.8 Å². The molecule has 0 radical (unpaired) electrons. The summed E-state index contributed by atoms with van der Waals surface area (Å²) in [5, 5.41) is 13.9. The van der Waals surface area contributed by atoms with Gasteiger partial charge in [-0.05, 0) is 76.0 Å². The smallest absolute Gasteiger partial charge is 0.273 e. The fourth-order valence-electron chi connectivity index (χ4n) is 7.56. The lowest BCUT2D eigenvalue weighted by molar-refractivity contribution is -0.121. The second-order valence-electron chi connectivity index (χ2n) is 14.8. The second kappa shape index (κ2) is 20.5. The van der Waals surface area contributed by atoms with Gasteiger partial charge in [0.2, 0.25) is 0 Å². The summed E-state index contributed by atoms with van der Waals surface area (Å²) >= 11 is 0. The zero-order valence-electron chi connectivity index (χ0n) is 31.2. The van der Waals surface area contributed by atoms with Gasteiger partial charge in [-0.3, -0.25) is 19.2 Å². The third-order valence-corrected chi connectivity index (χ3v) is 10.3. The highest BCUT2D eigenvalue weighted by Gasteiger charge is 2.33. The van der Waals surface area contributed by atoms with Crippen LogP contribution in [0.15, 0.2) is 21.2 Å². The first kappa shape index (κ1) is 41.0. The van der Waals surface area contributed by atoms with E-state index in [-0.39, 0.29) is 47.5 Å². The number of amides is 2. The third-order valence-electron chi connectivity index (χ3n) is 10.3. The number of carbonyl (C=O) groups is 4. The number of hydrogen-bond donors (Lipinski definition) is 4. The van der Waals surface area contributed by atoms with Gasteiger partial charge < -0.3 is 31.1 Å². The quantitative estimate of drug-likeness (QED) is 0.168. The van der Waals surface area contributed by atoms with Crippen LogP contribution in [0.1, 0.15) is 151 Å². The van der Waals surface area contributed by atoms with E-state index >= 15 is 0 Å². The van der Waals surface area contributed by atoms with Crippen molar-refractivity contribution < 1.29 is 28.2 Å². The minimum Gasteiger partial charge on any atom is -0.361 e. The molecule has 0 aliphatic heterocycles. The molecule has 2 aliphatic rings. The van der Waals surface area contributed by atoms with Crippen LogP contribution in [0.25, 0.3) is 0 Å². The topological polar surface area (TPSA) is 196 Å². The highest BCUT2D eigenvalue weighted by Crippen LogP contribution is 2.35. The van der Waals surface area contributed by atoms with E-state index in [1.54, 1.807) is 12.1 Å². The van der Waals surface area contributed by atoms with E-state index in [1.807, 2.05) is 27.7 Å². The molecule has 2 amide bonds. The Morgan fingerprint density at radius 1 is 0.700 bits per heavy atom. The SMILES string of the molecule is CCc1cc(C(=O)N[C@@H]2CC[C@@H](CC(=O)C[C@H](C)N)C[C@@H]2CC)no1.CCc1cc(C(=O)N[C@H]2CC[C@H](CC(=O)C[C@H](C)N)C[C@H]2CC)no1. The molecule has 2 aliphatic carbocycles. The predicted molar refractivity (Wildman–Crippen MR) is 192 cm³/mol. The van der Waals surface area contributed by atoms with Gasteiger partial charge in [-0.2, -0.15) is 0 Å². The van der Waals surface area contributed by atoms with Crippen LogP contribution in [0.4, 0.5) is 0 Å². The van der Waals surface area contributed by atoms with Gasteiger partial charge >= 0.3 is 0 Å². The summed E-state index contributed by atoms with van der Waals surface area (Å²) in [5.41, 5.74) is 12.1. The van der Waals surface area contributed by atoms with E-state index in [9.17, 15) is 19.2 Å². The molecule has 0 saturated heterocycles. The van der Waals surface area contributed by atoms with Gasteiger partial charge in [0.1, 0.15) is 23.1 Å². The van der Waals surface area contributed by atoms with Crippen molar-refractivity contribution in [1.82, 2.24) is 20.9 Å². The number of aryl methyl sites for hydroxylation is 2. The molecule has 2 heterocycles. The van der Waals surface area contributed by atoms with Gasteiger partial charge in [0, 0.05) is 74.8 Å². The molecular formula is C38H62N6O6. The molecule has 4 rings (SSSR count). The van der Waals surface area contributed by atoms with Crippen LogP contribution in [0.2, 0.25) is 0 Å². The molecule has 280 valence electrons. The number of nitrogens with zero attached hydrogens (tertiary/aromatic N) is 2. The largest absolute Gasteiger partial charge is 0.361 e. The summed E-state index contributed by atoms with van der Waals surface area (Å²) < 4.78 is 10.2. The van der Waals surface area contributed by atoms with Crippen LogP contribution in [-0.4, -0.2) is 57.9 Å². The van der Waals surface area contributed by atoms with Crippen molar-refractivity contribution in [3.8, 4) is 0 Å². The van der Waals surface area contributed by atoms with Gasteiger partial charge in [0.05, 0.1) is 0 Å². The van der Waals surface area contributed by atoms with E-state index in [0.29, 0.717) is 72.3 Å². The Morgan fingerprint density at radius 2 is 1.08 bits per heavy atom. The van der Waals surface area contributed by atoms with E-state index in [2.05, 4.69) is 34.8 Å². The molecule has 2 aromatic heterocycles. The zero-order valence-corrected chi connectivity index (χ0v) is 31.2. The van der Waals surface area contributed by atoms with Crippen molar-refractivity contribution in [3.05, 3.63) is 35.0 Å². The number of aromatic nitrogens is 2. The molecule has 8 atom stereocenters. The van der Waals surface area contributed by atoms with Gasteiger partial charge in [-0.25, -0.2) is 0 Å². The van der Waals surface area contributed by atoms with Gasteiger partial charge in [-0.1, -0.05) is 50.8 Å². The molecule has 0 spiro atoms. The van der Waals surface area contributed by atoms with Crippen LogP contribution in [0.3, 0.4) is 0 Å². The Hall–Kier alpha value is -3.38. The second-order valence-corrected chi connectivity index (χ2v) is 14.8. The first-order chi connectivity index (χ1) is 23.8. The lowest BCUT2D eigenvalue weighted by Crippen LogP contribution is -2.44. The van der Waals surface area contributed by atoms with E-state index in [4.69, 9.17) is 20.5 Å². The number of nitrogens with one attached hydrogen (secondary N) is 2. The van der Waals surface area contributed by atoms with Crippen LogP contribution in [0, 0.1) is 23.7 Å². The Balaban J connectivity index is 0.000000270. The average Bonchev–Trinajstić information content (AvgIpc) is 3.76. The predicted octanol–water partition coefficient (Wildman–Crippen LogP) is 5.72. The maximum atomic E-state index is 12.4. The molecule has 6 N–H and O–H groups in total. The molecule has 0 bridgehead atoms. The molecule has 12 nitrogen and oxygen atoms in total. The normalized spacial score (nSPS) is 24.7. The lowest BCUT2D eigenvalue weighted by Gasteiger charge is -2.36. The van der Waals surface area contributed by atoms with Crippen LogP contribution >= 0.6 is 0 Å². The van der Waals surface area contributed by atoms with Crippen molar-refractivity contribution in [1.29, 1.82) is 0 Å². The number of Topliss-reactive ketones (excluding diaryl/α,β-unsaturated/α-hetero) is 2. The highest BCUT2D eigenvalue weighted by atomic mass is 16.5. The fourth-order valence-corrected chi connectivity index (χ4v) is 7.56. The van der Waals surface area contributed by atoms with Gasteiger partial charge in [-0.15, -0.1) is 0 Å². The Labute approximate surface area is 298 Å². The Bertz CT molecular complexity index is 1270.